The van der Waals surface area contributed by atoms with Crippen LogP contribution < -0.4 is 10.6 Å². The number of piperidine rings is 1. The van der Waals surface area contributed by atoms with Gasteiger partial charge in [-0.05, 0) is 24.6 Å². The number of anilines is 2. The first-order valence-electron chi connectivity index (χ1n) is 11.1. The SMILES string of the molecule is CNc1nc(NC2CCN(C(C)=O)CC2F)nn2ccc(-c3ccc4nnn(CC(F)F)c4n3)c12. The van der Waals surface area contributed by atoms with Crippen LogP contribution in [0.2, 0.25) is 0 Å². The third-order valence-electron chi connectivity index (χ3n) is 6.00. The number of nitrogens with zero attached hydrogens (tertiary/aromatic N) is 8. The molecule has 11 nitrogen and oxygen atoms in total. The Bertz CT molecular complexity index is 1390. The van der Waals surface area contributed by atoms with Crippen LogP contribution in [0.5, 0.6) is 0 Å². The number of rotatable bonds is 6. The van der Waals surface area contributed by atoms with Gasteiger partial charge in [0.25, 0.3) is 6.43 Å². The summed E-state index contributed by atoms with van der Waals surface area (Å²) in [5, 5.41) is 18.2. The standard InChI is InChI=1S/C21H23F3N10O/c1-11(35)32-7-6-15(13(22)9-32)27-21-28-19(25-2)18-12(5-8-33(18)30-21)14-3-4-16-20(26-14)34(31-29-16)10-17(23)24/h3-5,8,13,15,17H,6-7,9-10H2,1-2H3,(H2,25,27,28,30). The molecule has 184 valence electrons. The topological polar surface area (TPSA) is 118 Å². The van der Waals surface area contributed by atoms with Crippen molar-refractivity contribution in [3.8, 4) is 11.3 Å². The molecule has 2 unspecified atom stereocenters. The van der Waals surface area contributed by atoms with Gasteiger partial charge in [0, 0.05) is 32.3 Å². The molecule has 5 heterocycles. The van der Waals surface area contributed by atoms with E-state index in [4.69, 9.17) is 0 Å². The molecule has 14 heteroatoms. The lowest BCUT2D eigenvalue weighted by Crippen LogP contribution is -2.49. The Kier molecular flexibility index (Phi) is 5.86. The minimum atomic E-state index is -2.59. The van der Waals surface area contributed by atoms with E-state index in [9.17, 15) is 18.0 Å². The Hall–Kier alpha value is -3.97. The third-order valence-corrected chi connectivity index (χ3v) is 6.00. The molecule has 1 fully saturated rings. The Labute approximate surface area is 197 Å². The number of fused-ring (bicyclic) bond motifs is 2. The molecule has 1 aliphatic heterocycles. The molecule has 4 aromatic heterocycles. The second-order valence-corrected chi connectivity index (χ2v) is 8.28. The van der Waals surface area contributed by atoms with Crippen molar-refractivity contribution in [3.05, 3.63) is 24.4 Å². The molecule has 35 heavy (non-hydrogen) atoms. The van der Waals surface area contributed by atoms with Crippen molar-refractivity contribution in [2.75, 3.05) is 30.8 Å². The molecule has 0 saturated carbocycles. The fourth-order valence-corrected chi connectivity index (χ4v) is 4.24. The third kappa shape index (κ3) is 4.31. The van der Waals surface area contributed by atoms with Crippen LogP contribution in [0.4, 0.5) is 24.9 Å². The number of hydrogen-bond acceptors (Lipinski definition) is 8. The summed E-state index contributed by atoms with van der Waals surface area (Å²) in [5.74, 6) is 0.552. The molecule has 0 aliphatic carbocycles. The Morgan fingerprint density at radius 1 is 1.26 bits per heavy atom. The molecule has 2 N–H and O–H groups in total. The Balaban J connectivity index is 1.47. The highest BCUT2D eigenvalue weighted by molar-refractivity contribution is 5.89. The van der Waals surface area contributed by atoms with Gasteiger partial charge in [-0.1, -0.05) is 5.21 Å². The molecule has 5 rings (SSSR count). The van der Waals surface area contributed by atoms with Crippen LogP contribution in [-0.2, 0) is 11.3 Å². The van der Waals surface area contributed by atoms with E-state index in [1.807, 2.05) is 0 Å². The van der Waals surface area contributed by atoms with Crippen molar-refractivity contribution in [1.29, 1.82) is 0 Å². The van der Waals surface area contributed by atoms with Crippen LogP contribution in [-0.4, -0.2) is 84.2 Å². The number of nitrogens with one attached hydrogen (secondary N) is 2. The Morgan fingerprint density at radius 2 is 2.09 bits per heavy atom. The normalized spacial score (nSPS) is 18.5. The van der Waals surface area contributed by atoms with Gasteiger partial charge in [-0.15, -0.1) is 10.2 Å². The predicted octanol–water partition coefficient (Wildman–Crippen LogP) is 2.21. The second-order valence-electron chi connectivity index (χ2n) is 8.28. The second kappa shape index (κ2) is 9.00. The minimum absolute atomic E-state index is 0.0208. The number of carbonyl (C=O) groups is 1. The maximum atomic E-state index is 14.7. The van der Waals surface area contributed by atoms with Gasteiger partial charge in [0.2, 0.25) is 11.9 Å². The highest BCUT2D eigenvalue weighted by atomic mass is 19.3. The summed E-state index contributed by atoms with van der Waals surface area (Å²) in [6.45, 7) is 1.29. The minimum Gasteiger partial charge on any atom is -0.371 e. The zero-order valence-electron chi connectivity index (χ0n) is 19.0. The number of amides is 1. The monoisotopic (exact) mass is 488 g/mol. The van der Waals surface area contributed by atoms with Crippen LogP contribution >= 0.6 is 0 Å². The Morgan fingerprint density at radius 3 is 2.80 bits per heavy atom. The van der Waals surface area contributed by atoms with Gasteiger partial charge in [-0.2, -0.15) is 4.98 Å². The van der Waals surface area contributed by atoms with Crippen molar-refractivity contribution in [3.63, 3.8) is 0 Å². The highest BCUT2D eigenvalue weighted by Crippen LogP contribution is 2.30. The molecule has 1 saturated heterocycles. The molecule has 0 radical (unpaired) electrons. The summed E-state index contributed by atoms with van der Waals surface area (Å²) in [7, 11) is 1.70. The van der Waals surface area contributed by atoms with Gasteiger partial charge < -0.3 is 15.5 Å². The molecular formula is C21H23F3N10O. The number of likely N-dealkylation sites (tertiary alicyclic amines) is 1. The maximum absolute atomic E-state index is 14.7. The fraction of sp³-hybridized carbons (Fsp3) is 0.429. The first-order valence-corrected chi connectivity index (χ1v) is 11.1. The average Bonchev–Trinajstić information content (AvgIpc) is 3.43. The molecular weight excluding hydrogens is 465 g/mol. The van der Waals surface area contributed by atoms with Crippen LogP contribution in [0.3, 0.4) is 0 Å². The van der Waals surface area contributed by atoms with Crippen molar-refractivity contribution >= 4 is 34.4 Å². The van der Waals surface area contributed by atoms with E-state index < -0.39 is 25.2 Å². The lowest BCUT2D eigenvalue weighted by molar-refractivity contribution is -0.131. The van der Waals surface area contributed by atoms with E-state index in [1.54, 1.807) is 36.0 Å². The number of halogens is 3. The van der Waals surface area contributed by atoms with Crippen molar-refractivity contribution < 1.29 is 18.0 Å². The number of alkyl halides is 3. The lowest BCUT2D eigenvalue weighted by atomic mass is 10.0. The van der Waals surface area contributed by atoms with Gasteiger partial charge in [0.1, 0.15) is 23.7 Å². The molecule has 4 aromatic rings. The van der Waals surface area contributed by atoms with Crippen LogP contribution in [0, 0.1) is 0 Å². The molecule has 0 aromatic carbocycles. The van der Waals surface area contributed by atoms with Crippen molar-refractivity contribution in [1.82, 2.24) is 39.5 Å². The zero-order chi connectivity index (χ0) is 24.7. The number of aromatic nitrogens is 7. The van der Waals surface area contributed by atoms with E-state index in [0.29, 0.717) is 41.1 Å². The quantitative estimate of drug-likeness (QED) is 0.424. The first kappa shape index (κ1) is 22.8. The number of hydrogen-bond donors (Lipinski definition) is 2. The summed E-state index contributed by atoms with van der Waals surface area (Å²) in [6, 6.07) is 4.64. The number of carbonyl (C=O) groups excluding carboxylic acids is 1. The summed E-state index contributed by atoms with van der Waals surface area (Å²) < 4.78 is 43.1. The lowest BCUT2D eigenvalue weighted by Gasteiger charge is -2.34. The average molecular weight is 488 g/mol. The molecule has 0 bridgehead atoms. The molecule has 2 atom stereocenters. The van der Waals surface area contributed by atoms with Gasteiger partial charge in [-0.25, -0.2) is 27.4 Å². The first-order chi connectivity index (χ1) is 16.8. The fourth-order valence-electron chi connectivity index (χ4n) is 4.24. The predicted molar refractivity (Wildman–Crippen MR) is 122 cm³/mol. The summed E-state index contributed by atoms with van der Waals surface area (Å²) in [4.78, 5) is 22.0. The highest BCUT2D eigenvalue weighted by Gasteiger charge is 2.31. The molecule has 1 amide bonds. The summed E-state index contributed by atoms with van der Waals surface area (Å²) in [5.41, 5.74) is 2.45. The van der Waals surface area contributed by atoms with E-state index >= 15 is 0 Å². The van der Waals surface area contributed by atoms with E-state index in [1.165, 1.54) is 11.8 Å². The van der Waals surface area contributed by atoms with E-state index in [0.717, 1.165) is 4.68 Å². The largest absolute Gasteiger partial charge is 0.371 e. The molecule has 1 aliphatic rings. The van der Waals surface area contributed by atoms with Gasteiger partial charge in [0.15, 0.2) is 11.5 Å². The summed E-state index contributed by atoms with van der Waals surface area (Å²) >= 11 is 0. The van der Waals surface area contributed by atoms with Gasteiger partial charge >= 0.3 is 0 Å². The smallest absolute Gasteiger partial charge is 0.258 e. The summed E-state index contributed by atoms with van der Waals surface area (Å²) in [6.07, 6.45) is -1.70. The van der Waals surface area contributed by atoms with Crippen molar-refractivity contribution in [2.24, 2.45) is 0 Å². The van der Waals surface area contributed by atoms with Crippen molar-refractivity contribution in [2.45, 2.75) is 38.5 Å². The number of pyridine rings is 1. The zero-order valence-corrected chi connectivity index (χ0v) is 19.0. The van der Waals surface area contributed by atoms with Crippen LogP contribution in [0.15, 0.2) is 24.4 Å². The van der Waals surface area contributed by atoms with Gasteiger partial charge in [0.05, 0.1) is 18.3 Å². The van der Waals surface area contributed by atoms with Crippen LogP contribution in [0.25, 0.3) is 27.9 Å². The molecule has 0 spiro atoms. The maximum Gasteiger partial charge on any atom is 0.258 e. The van der Waals surface area contributed by atoms with Gasteiger partial charge in [-0.3, -0.25) is 4.79 Å². The van der Waals surface area contributed by atoms with E-state index in [2.05, 4.69) is 36.0 Å². The van der Waals surface area contributed by atoms with Crippen LogP contribution in [0.1, 0.15) is 13.3 Å². The van der Waals surface area contributed by atoms with E-state index in [-0.39, 0.29) is 24.0 Å².